The molecule has 0 fully saturated rings. The molecule has 0 aliphatic heterocycles. The maximum Gasteiger partial charge on any atom is 0.500 e. The molecular formula is C38H52O6Si2. The van der Waals surface area contributed by atoms with Crippen molar-refractivity contribution in [1.82, 2.24) is 0 Å². The molecule has 248 valence electrons. The van der Waals surface area contributed by atoms with Crippen LogP contribution in [-0.4, -0.2) is 61.0 Å². The monoisotopic (exact) mass is 660 g/mol. The third kappa shape index (κ3) is 13.3. The Balaban J connectivity index is 0.000000276. The third-order valence-corrected chi connectivity index (χ3v) is 11.5. The summed E-state index contributed by atoms with van der Waals surface area (Å²) < 4.78 is 30.6. The van der Waals surface area contributed by atoms with Gasteiger partial charge in [-0.25, -0.2) is 0 Å². The first-order chi connectivity index (χ1) is 22.3. The van der Waals surface area contributed by atoms with Gasteiger partial charge in [0.25, 0.3) is 0 Å². The van der Waals surface area contributed by atoms with Crippen LogP contribution >= 0.6 is 0 Å². The van der Waals surface area contributed by atoms with E-state index >= 15 is 0 Å². The van der Waals surface area contributed by atoms with Crippen molar-refractivity contribution in [3.8, 4) is 22.3 Å². The molecule has 6 nitrogen and oxygen atoms in total. The van der Waals surface area contributed by atoms with Gasteiger partial charge in [0.15, 0.2) is 0 Å². The SMILES string of the molecule is C=CCc1ccc(-c2ccc(C)cc2)cc1.CO[SiH](OC)OC.CO[Si](CCCc1ccc(-c2ccc(C)cc2)cc1)(OC)OC. The summed E-state index contributed by atoms with van der Waals surface area (Å²) in [5.41, 5.74) is 10.3. The van der Waals surface area contributed by atoms with Crippen molar-refractivity contribution in [3.63, 3.8) is 0 Å². The lowest BCUT2D eigenvalue weighted by atomic mass is 10.0. The first-order valence-corrected chi connectivity index (χ1v) is 18.8. The summed E-state index contributed by atoms with van der Waals surface area (Å²) in [6, 6.07) is 35.5. The maximum absolute atomic E-state index is 5.46. The standard InChI is InChI=1S/C19H26O3Si.C16H16.C3H10O3Si/c1-16-7-11-18(12-8-16)19-13-9-17(10-14-19)6-5-15-23(20-2,21-3)22-4;1-3-4-14-7-11-16(12-8-14)15-9-5-13(2)6-10-15;1-4-7(5-2)6-3/h7-14H,5-6,15H2,1-4H3;3,5-12H,1,4H2,2H3;7H,1-3H3. The number of allylic oxidation sites excluding steroid dienone is 1. The van der Waals surface area contributed by atoms with E-state index in [2.05, 4.69) is 117 Å². The molecule has 4 aromatic carbocycles. The zero-order chi connectivity index (χ0) is 33.8. The molecular weight excluding hydrogens is 609 g/mol. The molecule has 46 heavy (non-hydrogen) atoms. The Morgan fingerprint density at radius 2 is 0.891 bits per heavy atom. The molecule has 4 aromatic rings. The Kier molecular flexibility index (Phi) is 18.3. The second kappa shape index (κ2) is 21.6. The minimum absolute atomic E-state index is 0.830. The van der Waals surface area contributed by atoms with Crippen molar-refractivity contribution in [2.24, 2.45) is 0 Å². The predicted octanol–water partition coefficient (Wildman–Crippen LogP) is 8.51. The Hall–Kier alpha value is -3.19. The van der Waals surface area contributed by atoms with Crippen LogP contribution in [0.25, 0.3) is 22.3 Å². The summed E-state index contributed by atoms with van der Waals surface area (Å²) in [6.45, 7) is 7.96. The van der Waals surface area contributed by atoms with Crippen molar-refractivity contribution in [1.29, 1.82) is 0 Å². The van der Waals surface area contributed by atoms with Gasteiger partial charge in [0.05, 0.1) is 0 Å². The number of hydrogen-bond acceptors (Lipinski definition) is 6. The van der Waals surface area contributed by atoms with Crippen LogP contribution in [0.4, 0.5) is 0 Å². The molecule has 0 aromatic heterocycles. The van der Waals surface area contributed by atoms with Gasteiger partial charge in [0, 0.05) is 48.7 Å². The van der Waals surface area contributed by atoms with Gasteiger partial charge in [-0.05, 0) is 66.5 Å². The molecule has 4 rings (SSSR count). The van der Waals surface area contributed by atoms with E-state index in [-0.39, 0.29) is 0 Å². The lowest BCUT2D eigenvalue weighted by Crippen LogP contribution is -2.42. The number of rotatable bonds is 14. The van der Waals surface area contributed by atoms with Crippen LogP contribution in [0.3, 0.4) is 0 Å². The molecule has 0 aliphatic rings. The van der Waals surface area contributed by atoms with Crippen LogP contribution in [0.2, 0.25) is 6.04 Å². The van der Waals surface area contributed by atoms with Gasteiger partial charge < -0.3 is 26.6 Å². The summed E-state index contributed by atoms with van der Waals surface area (Å²) in [5.74, 6) is 0. The predicted molar refractivity (Wildman–Crippen MR) is 195 cm³/mol. The number of benzene rings is 4. The normalized spacial score (nSPS) is 10.9. The summed E-state index contributed by atoms with van der Waals surface area (Å²) in [4.78, 5) is 0. The molecule has 8 heteroatoms. The van der Waals surface area contributed by atoms with E-state index < -0.39 is 18.3 Å². The summed E-state index contributed by atoms with van der Waals surface area (Å²) in [5, 5.41) is 0. The van der Waals surface area contributed by atoms with Gasteiger partial charge in [-0.1, -0.05) is 114 Å². The van der Waals surface area contributed by atoms with Gasteiger partial charge in [-0.2, -0.15) is 0 Å². The highest BCUT2D eigenvalue weighted by molar-refractivity contribution is 6.60. The largest absolute Gasteiger partial charge is 0.500 e. The summed E-state index contributed by atoms with van der Waals surface area (Å²) >= 11 is 0. The molecule has 0 saturated heterocycles. The number of hydrogen-bond donors (Lipinski definition) is 0. The average molecular weight is 661 g/mol. The molecule has 0 amide bonds. The van der Waals surface area contributed by atoms with E-state index in [1.165, 1.54) is 44.5 Å². The van der Waals surface area contributed by atoms with E-state index in [1.807, 2.05) is 6.08 Å². The van der Waals surface area contributed by atoms with E-state index in [0.29, 0.717) is 0 Å². The van der Waals surface area contributed by atoms with Crippen LogP contribution in [0.15, 0.2) is 110 Å². The molecule has 0 unspecified atom stereocenters. The zero-order valence-corrected chi connectivity index (χ0v) is 31.0. The van der Waals surface area contributed by atoms with Crippen molar-refractivity contribution in [2.45, 2.75) is 39.2 Å². The highest BCUT2D eigenvalue weighted by Crippen LogP contribution is 2.23. The van der Waals surface area contributed by atoms with Crippen molar-refractivity contribution < 1.29 is 26.6 Å². The lowest BCUT2D eigenvalue weighted by molar-refractivity contribution is 0.123. The first-order valence-electron chi connectivity index (χ1n) is 15.4. The Morgan fingerprint density at radius 3 is 1.20 bits per heavy atom. The molecule has 0 aliphatic carbocycles. The van der Waals surface area contributed by atoms with Crippen LogP contribution in [0.5, 0.6) is 0 Å². The van der Waals surface area contributed by atoms with E-state index in [0.717, 1.165) is 25.3 Å². The molecule has 0 radical (unpaired) electrons. The average Bonchev–Trinajstić information content (AvgIpc) is 3.10. The van der Waals surface area contributed by atoms with E-state index in [1.54, 1.807) is 42.7 Å². The molecule has 0 saturated carbocycles. The Labute approximate surface area is 280 Å². The Bertz CT molecular complexity index is 1350. The van der Waals surface area contributed by atoms with Gasteiger partial charge in [0.1, 0.15) is 0 Å². The smallest absolute Gasteiger partial charge is 0.379 e. The van der Waals surface area contributed by atoms with Crippen molar-refractivity contribution in [2.75, 3.05) is 42.7 Å². The molecule has 0 heterocycles. The maximum atomic E-state index is 5.46. The number of aryl methyl sites for hydroxylation is 3. The summed E-state index contributed by atoms with van der Waals surface area (Å²) in [6.07, 6.45) is 4.86. The van der Waals surface area contributed by atoms with Gasteiger partial charge in [-0.3, -0.25) is 0 Å². The molecule has 0 bridgehead atoms. The fourth-order valence-corrected chi connectivity index (χ4v) is 7.01. The fraction of sp³-hybridized carbons (Fsp3) is 0.316. The van der Waals surface area contributed by atoms with Crippen LogP contribution in [-0.2, 0) is 39.4 Å². The van der Waals surface area contributed by atoms with Gasteiger partial charge in [-0.15, -0.1) is 6.58 Å². The van der Waals surface area contributed by atoms with Crippen LogP contribution < -0.4 is 0 Å². The Morgan fingerprint density at radius 1 is 0.543 bits per heavy atom. The molecule has 0 spiro atoms. The second-order valence-corrected chi connectivity index (χ2v) is 15.8. The summed E-state index contributed by atoms with van der Waals surface area (Å²) in [7, 11) is 5.60. The molecule has 0 N–H and O–H groups in total. The third-order valence-electron chi connectivity index (χ3n) is 7.52. The minimum Gasteiger partial charge on any atom is -0.379 e. The zero-order valence-electron chi connectivity index (χ0n) is 28.9. The van der Waals surface area contributed by atoms with Gasteiger partial charge in [0.2, 0.25) is 0 Å². The van der Waals surface area contributed by atoms with Gasteiger partial charge >= 0.3 is 18.3 Å². The van der Waals surface area contributed by atoms with Crippen LogP contribution in [0.1, 0.15) is 28.7 Å². The quantitative estimate of drug-likeness (QED) is 0.0999. The second-order valence-electron chi connectivity index (χ2n) is 10.8. The minimum atomic E-state index is -2.44. The highest BCUT2D eigenvalue weighted by atomic mass is 28.4. The highest BCUT2D eigenvalue weighted by Gasteiger charge is 2.36. The van der Waals surface area contributed by atoms with Crippen LogP contribution in [0, 0.1) is 13.8 Å². The van der Waals surface area contributed by atoms with Crippen molar-refractivity contribution >= 4 is 18.3 Å². The topological polar surface area (TPSA) is 55.4 Å². The first kappa shape index (κ1) is 39.0. The lowest BCUT2D eigenvalue weighted by Gasteiger charge is -2.24. The fourth-order valence-electron chi connectivity index (χ4n) is 4.71. The van der Waals surface area contributed by atoms with E-state index in [4.69, 9.17) is 26.6 Å². The van der Waals surface area contributed by atoms with Crippen molar-refractivity contribution in [3.05, 3.63) is 132 Å². The molecule has 0 atom stereocenters. The van der Waals surface area contributed by atoms with E-state index in [9.17, 15) is 0 Å².